The lowest BCUT2D eigenvalue weighted by atomic mass is 10.1. The molecule has 0 unspecified atom stereocenters. The zero-order valence-corrected chi connectivity index (χ0v) is 12.5. The third kappa shape index (κ3) is 3.37. The lowest BCUT2D eigenvalue weighted by molar-refractivity contribution is -0.144. The Morgan fingerprint density at radius 3 is 2.95 bits per heavy atom. The molecule has 3 rings (SSSR count). The lowest BCUT2D eigenvalue weighted by Crippen LogP contribution is -2.55. The predicted octanol–water partition coefficient (Wildman–Crippen LogP) is 1.23. The molecule has 1 N–H and O–H groups in total. The Morgan fingerprint density at radius 1 is 1.33 bits per heavy atom. The Kier molecular flexibility index (Phi) is 4.75. The number of hydrogen-bond donors (Lipinski definition) is 1. The van der Waals surface area contributed by atoms with Crippen molar-refractivity contribution < 1.29 is 14.3 Å². The third-order valence-corrected chi connectivity index (χ3v) is 4.19. The zero-order valence-electron chi connectivity index (χ0n) is 11.8. The van der Waals surface area contributed by atoms with E-state index in [4.69, 9.17) is 21.1 Å². The minimum atomic E-state index is -0.247. The van der Waals surface area contributed by atoms with E-state index in [1.807, 2.05) is 29.2 Å². The molecule has 2 saturated heterocycles. The SMILES string of the molecule is O=C([C@H]1COCCN1)N1CCO[C@@H](c2ccccc2Cl)C1. The summed E-state index contributed by atoms with van der Waals surface area (Å²) in [6, 6.07) is 7.37. The molecule has 0 radical (unpaired) electrons. The summed E-state index contributed by atoms with van der Waals surface area (Å²) in [5, 5.41) is 3.88. The van der Waals surface area contributed by atoms with Gasteiger partial charge in [0.05, 0.1) is 26.4 Å². The average Bonchev–Trinajstić information content (AvgIpc) is 2.55. The van der Waals surface area contributed by atoms with E-state index in [9.17, 15) is 4.79 Å². The number of hydrogen-bond acceptors (Lipinski definition) is 4. The minimum absolute atomic E-state index is 0.0788. The molecule has 2 fully saturated rings. The molecule has 0 aromatic heterocycles. The van der Waals surface area contributed by atoms with Crippen LogP contribution in [0.4, 0.5) is 0 Å². The fraction of sp³-hybridized carbons (Fsp3) is 0.533. The Labute approximate surface area is 129 Å². The van der Waals surface area contributed by atoms with Crippen molar-refractivity contribution in [1.82, 2.24) is 10.2 Å². The maximum absolute atomic E-state index is 12.5. The van der Waals surface area contributed by atoms with Crippen molar-refractivity contribution in [2.24, 2.45) is 0 Å². The Hall–Kier alpha value is -1.14. The standard InChI is InChI=1S/C15H19ClN2O3/c16-12-4-2-1-3-11(12)14-9-18(6-8-21-14)15(19)13-10-20-7-5-17-13/h1-4,13-14,17H,5-10H2/t13-,14-/m1/s1. The predicted molar refractivity (Wildman–Crippen MR) is 79.3 cm³/mol. The normalized spacial score (nSPS) is 26.6. The second kappa shape index (κ2) is 6.75. The molecule has 0 saturated carbocycles. The number of nitrogens with zero attached hydrogens (tertiary/aromatic N) is 1. The van der Waals surface area contributed by atoms with Gasteiger partial charge in [-0.15, -0.1) is 0 Å². The van der Waals surface area contributed by atoms with Crippen molar-refractivity contribution >= 4 is 17.5 Å². The molecule has 1 aromatic carbocycles. The average molecular weight is 311 g/mol. The molecular formula is C15H19ClN2O3. The van der Waals surface area contributed by atoms with E-state index in [0.717, 1.165) is 5.56 Å². The highest BCUT2D eigenvalue weighted by atomic mass is 35.5. The number of ether oxygens (including phenoxy) is 2. The minimum Gasteiger partial charge on any atom is -0.378 e. The lowest BCUT2D eigenvalue weighted by Gasteiger charge is -2.36. The first-order valence-electron chi connectivity index (χ1n) is 7.21. The second-order valence-corrected chi connectivity index (χ2v) is 5.65. The van der Waals surface area contributed by atoms with Gasteiger partial charge in [-0.25, -0.2) is 0 Å². The third-order valence-electron chi connectivity index (χ3n) is 3.85. The summed E-state index contributed by atoms with van der Waals surface area (Å²) in [4.78, 5) is 14.3. The van der Waals surface area contributed by atoms with Crippen LogP contribution in [0, 0.1) is 0 Å². The summed E-state index contributed by atoms with van der Waals surface area (Å²) in [6.07, 6.45) is -0.166. The summed E-state index contributed by atoms with van der Waals surface area (Å²) in [5.41, 5.74) is 0.935. The highest BCUT2D eigenvalue weighted by Gasteiger charge is 2.31. The van der Waals surface area contributed by atoms with E-state index in [2.05, 4.69) is 5.32 Å². The first-order valence-corrected chi connectivity index (χ1v) is 7.59. The zero-order chi connectivity index (χ0) is 14.7. The van der Waals surface area contributed by atoms with Gasteiger partial charge < -0.3 is 19.7 Å². The van der Waals surface area contributed by atoms with E-state index in [1.54, 1.807) is 0 Å². The van der Waals surface area contributed by atoms with E-state index in [-0.39, 0.29) is 18.1 Å². The van der Waals surface area contributed by atoms with Crippen molar-refractivity contribution in [3.05, 3.63) is 34.9 Å². The van der Waals surface area contributed by atoms with Crippen LogP contribution in [0.2, 0.25) is 5.02 Å². The second-order valence-electron chi connectivity index (χ2n) is 5.25. The molecule has 21 heavy (non-hydrogen) atoms. The molecular weight excluding hydrogens is 292 g/mol. The maximum Gasteiger partial charge on any atom is 0.242 e. The van der Waals surface area contributed by atoms with Crippen molar-refractivity contribution in [2.75, 3.05) is 39.5 Å². The first kappa shape index (κ1) is 14.8. The van der Waals surface area contributed by atoms with Gasteiger partial charge in [-0.05, 0) is 6.07 Å². The highest BCUT2D eigenvalue weighted by Crippen LogP contribution is 2.28. The number of benzene rings is 1. The van der Waals surface area contributed by atoms with Gasteiger partial charge in [-0.2, -0.15) is 0 Å². The maximum atomic E-state index is 12.5. The van der Waals surface area contributed by atoms with E-state index in [0.29, 0.717) is 44.5 Å². The topological polar surface area (TPSA) is 50.8 Å². The molecule has 6 heteroatoms. The van der Waals surface area contributed by atoms with Gasteiger partial charge in [0.1, 0.15) is 12.1 Å². The number of nitrogens with one attached hydrogen (secondary N) is 1. The fourth-order valence-corrected chi connectivity index (χ4v) is 2.98. The van der Waals surface area contributed by atoms with E-state index < -0.39 is 0 Å². The van der Waals surface area contributed by atoms with Crippen LogP contribution < -0.4 is 5.32 Å². The van der Waals surface area contributed by atoms with Crippen molar-refractivity contribution in [3.8, 4) is 0 Å². The van der Waals surface area contributed by atoms with Gasteiger partial charge >= 0.3 is 0 Å². The number of amides is 1. The van der Waals surface area contributed by atoms with Gasteiger partial charge in [0.2, 0.25) is 5.91 Å². The van der Waals surface area contributed by atoms with Crippen LogP contribution in [-0.2, 0) is 14.3 Å². The largest absolute Gasteiger partial charge is 0.378 e. The number of carbonyl (C=O) groups excluding carboxylic acids is 1. The summed E-state index contributed by atoms with van der Waals surface area (Å²) in [5.74, 6) is 0.0788. The quantitative estimate of drug-likeness (QED) is 0.892. The summed E-state index contributed by atoms with van der Waals surface area (Å²) in [7, 11) is 0. The fourth-order valence-electron chi connectivity index (χ4n) is 2.72. The van der Waals surface area contributed by atoms with Gasteiger partial charge in [-0.1, -0.05) is 29.8 Å². The molecule has 2 atom stereocenters. The molecule has 5 nitrogen and oxygen atoms in total. The van der Waals surface area contributed by atoms with Crippen LogP contribution >= 0.6 is 11.6 Å². The molecule has 0 spiro atoms. The Bertz CT molecular complexity index is 505. The van der Waals surface area contributed by atoms with E-state index in [1.165, 1.54) is 0 Å². The summed E-state index contributed by atoms with van der Waals surface area (Å²) < 4.78 is 11.1. The monoisotopic (exact) mass is 310 g/mol. The van der Waals surface area contributed by atoms with Gasteiger partial charge in [-0.3, -0.25) is 4.79 Å². The number of halogens is 1. The van der Waals surface area contributed by atoms with Crippen LogP contribution in [0.25, 0.3) is 0 Å². The number of rotatable bonds is 2. The van der Waals surface area contributed by atoms with Crippen LogP contribution in [-0.4, -0.2) is 56.3 Å². The molecule has 0 bridgehead atoms. The van der Waals surface area contributed by atoms with Gasteiger partial charge in [0, 0.05) is 23.7 Å². The summed E-state index contributed by atoms with van der Waals surface area (Å²) >= 11 is 6.22. The summed E-state index contributed by atoms with van der Waals surface area (Å²) in [6.45, 7) is 3.48. The molecule has 2 aliphatic rings. The van der Waals surface area contributed by atoms with Crippen LogP contribution in [0.15, 0.2) is 24.3 Å². The van der Waals surface area contributed by atoms with Crippen molar-refractivity contribution in [3.63, 3.8) is 0 Å². The molecule has 1 amide bonds. The Morgan fingerprint density at radius 2 is 2.19 bits per heavy atom. The molecule has 2 aliphatic heterocycles. The first-order chi connectivity index (χ1) is 10.3. The van der Waals surface area contributed by atoms with Crippen LogP contribution in [0.1, 0.15) is 11.7 Å². The van der Waals surface area contributed by atoms with Gasteiger partial charge in [0.25, 0.3) is 0 Å². The van der Waals surface area contributed by atoms with Crippen LogP contribution in [0.3, 0.4) is 0 Å². The van der Waals surface area contributed by atoms with Crippen molar-refractivity contribution in [2.45, 2.75) is 12.1 Å². The smallest absolute Gasteiger partial charge is 0.242 e. The molecule has 2 heterocycles. The number of carbonyl (C=O) groups is 1. The number of morpholine rings is 2. The van der Waals surface area contributed by atoms with Crippen molar-refractivity contribution in [1.29, 1.82) is 0 Å². The highest BCUT2D eigenvalue weighted by molar-refractivity contribution is 6.31. The van der Waals surface area contributed by atoms with E-state index >= 15 is 0 Å². The van der Waals surface area contributed by atoms with Crippen LogP contribution in [0.5, 0.6) is 0 Å². The van der Waals surface area contributed by atoms with Gasteiger partial charge in [0.15, 0.2) is 0 Å². The Balaban J connectivity index is 1.68. The molecule has 1 aromatic rings. The molecule has 114 valence electrons. The molecule has 0 aliphatic carbocycles.